The van der Waals surface area contributed by atoms with Crippen LogP contribution in [0, 0.1) is 12.8 Å². The second kappa shape index (κ2) is 5.73. The fourth-order valence-electron chi connectivity index (χ4n) is 2.00. The molecule has 0 spiro atoms. The Morgan fingerprint density at radius 2 is 2.44 bits per heavy atom. The number of amidine groups is 1. The van der Waals surface area contributed by atoms with Crippen LogP contribution in [0.5, 0.6) is 5.75 Å². The van der Waals surface area contributed by atoms with Gasteiger partial charge < -0.3 is 20.4 Å². The maximum absolute atomic E-state index is 8.65. The average Bonchev–Trinajstić information content (AvgIpc) is 2.88. The lowest BCUT2D eigenvalue weighted by Gasteiger charge is -2.12. The summed E-state index contributed by atoms with van der Waals surface area (Å²) in [5, 5.41) is 11.6. The molecule has 0 saturated carbocycles. The minimum atomic E-state index is 0.114. The predicted octanol–water partition coefficient (Wildman–Crippen LogP) is 1.50. The minimum absolute atomic E-state index is 0.114. The molecular weight excluding hydrogens is 232 g/mol. The van der Waals surface area contributed by atoms with Gasteiger partial charge in [0.15, 0.2) is 5.84 Å². The summed E-state index contributed by atoms with van der Waals surface area (Å²) in [6, 6.07) is 5.52. The van der Waals surface area contributed by atoms with Crippen LogP contribution in [0.3, 0.4) is 0 Å². The number of nitrogens with zero attached hydrogens (tertiary/aromatic N) is 1. The Kier molecular flexibility index (Phi) is 4.04. The number of ether oxygens (including phenoxy) is 2. The first-order valence-corrected chi connectivity index (χ1v) is 6.00. The summed E-state index contributed by atoms with van der Waals surface area (Å²) in [5.74, 6) is 1.39. The third kappa shape index (κ3) is 2.92. The summed E-state index contributed by atoms with van der Waals surface area (Å²) in [7, 11) is 0. The van der Waals surface area contributed by atoms with E-state index in [9.17, 15) is 0 Å². The van der Waals surface area contributed by atoms with Gasteiger partial charge in [0, 0.05) is 18.1 Å². The van der Waals surface area contributed by atoms with Crippen molar-refractivity contribution < 1.29 is 14.7 Å². The zero-order valence-electron chi connectivity index (χ0n) is 10.4. The van der Waals surface area contributed by atoms with Crippen LogP contribution in [-0.4, -0.2) is 30.9 Å². The van der Waals surface area contributed by atoms with E-state index >= 15 is 0 Å². The molecule has 0 aliphatic carbocycles. The largest absolute Gasteiger partial charge is 0.493 e. The van der Waals surface area contributed by atoms with Crippen LogP contribution in [0.2, 0.25) is 0 Å². The summed E-state index contributed by atoms with van der Waals surface area (Å²) in [6.07, 6.45) is 1.06. The fraction of sp³-hybridized carbons (Fsp3) is 0.462. The van der Waals surface area contributed by atoms with Crippen molar-refractivity contribution in [2.45, 2.75) is 13.3 Å². The Bertz CT molecular complexity index is 440. The Labute approximate surface area is 106 Å². The Morgan fingerprint density at radius 1 is 1.61 bits per heavy atom. The van der Waals surface area contributed by atoms with Crippen LogP contribution < -0.4 is 10.5 Å². The molecule has 5 heteroatoms. The van der Waals surface area contributed by atoms with Gasteiger partial charge in [0.25, 0.3) is 0 Å². The van der Waals surface area contributed by atoms with E-state index in [4.69, 9.17) is 20.4 Å². The monoisotopic (exact) mass is 250 g/mol. The van der Waals surface area contributed by atoms with E-state index < -0.39 is 0 Å². The highest BCUT2D eigenvalue weighted by atomic mass is 16.5. The maximum Gasteiger partial charge on any atom is 0.170 e. The van der Waals surface area contributed by atoms with Gasteiger partial charge in [0.2, 0.25) is 0 Å². The lowest BCUT2D eigenvalue weighted by molar-refractivity contribution is 0.167. The zero-order chi connectivity index (χ0) is 13.0. The highest BCUT2D eigenvalue weighted by molar-refractivity contribution is 5.98. The van der Waals surface area contributed by atoms with Gasteiger partial charge in [-0.2, -0.15) is 0 Å². The van der Waals surface area contributed by atoms with Crippen LogP contribution in [0.4, 0.5) is 0 Å². The molecular formula is C13H18N2O3. The van der Waals surface area contributed by atoms with Gasteiger partial charge in [-0.3, -0.25) is 0 Å². The van der Waals surface area contributed by atoms with E-state index in [1.54, 1.807) is 6.07 Å². The molecule has 1 aliphatic rings. The summed E-state index contributed by atoms with van der Waals surface area (Å²) >= 11 is 0. The third-order valence-corrected chi connectivity index (χ3v) is 3.09. The molecule has 0 aromatic heterocycles. The van der Waals surface area contributed by atoms with Gasteiger partial charge in [0.1, 0.15) is 5.75 Å². The lowest BCUT2D eigenvalue weighted by atomic mass is 10.1. The van der Waals surface area contributed by atoms with Crippen LogP contribution in [0.25, 0.3) is 0 Å². The highest BCUT2D eigenvalue weighted by Crippen LogP contribution is 2.19. The quantitative estimate of drug-likeness (QED) is 0.367. The molecule has 1 aromatic carbocycles. The molecule has 1 aromatic rings. The van der Waals surface area contributed by atoms with Crippen molar-refractivity contribution in [1.29, 1.82) is 0 Å². The van der Waals surface area contributed by atoms with E-state index in [0.29, 0.717) is 18.1 Å². The van der Waals surface area contributed by atoms with Crippen LogP contribution in [0.15, 0.2) is 23.4 Å². The molecule has 1 heterocycles. The van der Waals surface area contributed by atoms with Crippen molar-refractivity contribution in [2.24, 2.45) is 16.8 Å². The highest BCUT2D eigenvalue weighted by Gasteiger charge is 2.16. The molecule has 18 heavy (non-hydrogen) atoms. The van der Waals surface area contributed by atoms with E-state index in [0.717, 1.165) is 30.9 Å². The number of hydrogen-bond acceptors (Lipinski definition) is 4. The Hall–Kier alpha value is -1.75. The molecule has 2 rings (SSSR count). The normalized spacial score (nSPS) is 20.1. The number of oxime groups is 1. The molecule has 0 amide bonds. The van der Waals surface area contributed by atoms with Crippen LogP contribution in [0.1, 0.15) is 17.5 Å². The molecule has 1 fully saturated rings. The van der Waals surface area contributed by atoms with Crippen LogP contribution in [-0.2, 0) is 4.74 Å². The molecule has 3 N–H and O–H groups in total. The third-order valence-electron chi connectivity index (χ3n) is 3.09. The first-order valence-electron chi connectivity index (χ1n) is 6.00. The number of nitrogens with two attached hydrogens (primary N) is 1. The summed E-state index contributed by atoms with van der Waals surface area (Å²) in [4.78, 5) is 0. The molecule has 0 bridgehead atoms. The first-order chi connectivity index (χ1) is 8.70. The minimum Gasteiger partial charge on any atom is -0.493 e. The number of aryl methyl sites for hydroxylation is 1. The molecule has 0 radical (unpaired) electrons. The number of hydrogen-bond donors (Lipinski definition) is 2. The van der Waals surface area contributed by atoms with E-state index in [-0.39, 0.29) is 5.84 Å². The summed E-state index contributed by atoms with van der Waals surface area (Å²) in [6.45, 7) is 4.18. The van der Waals surface area contributed by atoms with E-state index in [2.05, 4.69) is 5.16 Å². The zero-order valence-corrected chi connectivity index (χ0v) is 10.4. The Morgan fingerprint density at radius 3 is 3.06 bits per heavy atom. The summed E-state index contributed by atoms with van der Waals surface area (Å²) in [5.41, 5.74) is 7.20. The average molecular weight is 250 g/mol. The van der Waals surface area contributed by atoms with Gasteiger partial charge in [-0.15, -0.1) is 0 Å². The molecule has 5 nitrogen and oxygen atoms in total. The first kappa shape index (κ1) is 12.7. The fourth-order valence-corrected chi connectivity index (χ4v) is 2.00. The molecule has 1 unspecified atom stereocenters. The standard InChI is InChI=1S/C13H18N2O3/c1-9-6-11(2-3-12(9)13(14)15-16)18-8-10-4-5-17-7-10/h2-3,6,10,16H,4-5,7-8H2,1H3,(H2,14,15). The smallest absolute Gasteiger partial charge is 0.170 e. The van der Waals surface area contributed by atoms with Crippen LogP contribution >= 0.6 is 0 Å². The SMILES string of the molecule is Cc1cc(OCC2CCOC2)ccc1/C(N)=N/O. The predicted molar refractivity (Wildman–Crippen MR) is 68.1 cm³/mol. The van der Waals surface area contributed by atoms with Gasteiger partial charge in [0.05, 0.1) is 13.2 Å². The van der Waals surface area contributed by atoms with Gasteiger partial charge in [-0.1, -0.05) is 5.16 Å². The van der Waals surface area contributed by atoms with Crippen molar-refractivity contribution >= 4 is 5.84 Å². The van der Waals surface area contributed by atoms with Gasteiger partial charge in [-0.25, -0.2) is 0 Å². The molecule has 1 aliphatic heterocycles. The van der Waals surface area contributed by atoms with E-state index in [1.165, 1.54) is 0 Å². The maximum atomic E-state index is 8.65. The molecule has 1 saturated heterocycles. The molecule has 1 atom stereocenters. The van der Waals surface area contributed by atoms with Crippen molar-refractivity contribution in [3.63, 3.8) is 0 Å². The van der Waals surface area contributed by atoms with Gasteiger partial charge >= 0.3 is 0 Å². The summed E-state index contributed by atoms with van der Waals surface area (Å²) < 4.78 is 11.0. The number of rotatable bonds is 4. The van der Waals surface area contributed by atoms with Gasteiger partial charge in [-0.05, 0) is 37.1 Å². The van der Waals surface area contributed by atoms with Crippen molar-refractivity contribution in [3.8, 4) is 5.75 Å². The lowest BCUT2D eigenvalue weighted by Crippen LogP contribution is -2.15. The molecule has 98 valence electrons. The van der Waals surface area contributed by atoms with Crippen molar-refractivity contribution in [2.75, 3.05) is 19.8 Å². The van der Waals surface area contributed by atoms with E-state index in [1.807, 2.05) is 19.1 Å². The Balaban J connectivity index is 1.99. The van der Waals surface area contributed by atoms with Crippen molar-refractivity contribution in [3.05, 3.63) is 29.3 Å². The second-order valence-electron chi connectivity index (χ2n) is 4.50. The number of benzene rings is 1. The van der Waals surface area contributed by atoms with Crippen molar-refractivity contribution in [1.82, 2.24) is 0 Å². The topological polar surface area (TPSA) is 77.1 Å². The second-order valence-corrected chi connectivity index (χ2v) is 4.50.